The molecule has 0 spiro atoms. The van der Waals surface area contributed by atoms with Gasteiger partial charge >= 0.3 is 11.7 Å². The van der Waals surface area contributed by atoms with Gasteiger partial charge in [-0.15, -0.1) is 0 Å². The second kappa shape index (κ2) is 7.87. The van der Waals surface area contributed by atoms with Gasteiger partial charge in [-0.1, -0.05) is 0 Å². The van der Waals surface area contributed by atoms with Crippen LogP contribution in [0, 0.1) is 30.1 Å². The molecule has 192 valence electrons. The van der Waals surface area contributed by atoms with E-state index in [0.717, 1.165) is 49.0 Å². The van der Waals surface area contributed by atoms with E-state index in [4.69, 9.17) is 9.72 Å². The van der Waals surface area contributed by atoms with Gasteiger partial charge in [0.05, 0.1) is 30.1 Å². The lowest BCUT2D eigenvalue weighted by molar-refractivity contribution is -0.175. The summed E-state index contributed by atoms with van der Waals surface area (Å²) in [6.45, 7) is 4.26. The molecule has 11 nitrogen and oxygen atoms in total. The minimum Gasteiger partial charge on any atom is -0.466 e. The Morgan fingerprint density at radius 2 is 2.00 bits per heavy atom. The van der Waals surface area contributed by atoms with Gasteiger partial charge in [-0.3, -0.25) is 13.9 Å². The number of nitrogens with zero attached hydrogens (tertiary/aromatic N) is 7. The number of ether oxygens (including phenoxy) is 1. The van der Waals surface area contributed by atoms with Crippen LogP contribution in [0.4, 0.5) is 11.6 Å². The first-order valence-corrected chi connectivity index (χ1v) is 13.0. The van der Waals surface area contributed by atoms with Gasteiger partial charge in [0.15, 0.2) is 11.3 Å². The van der Waals surface area contributed by atoms with Crippen LogP contribution >= 0.6 is 0 Å². The van der Waals surface area contributed by atoms with Crippen LogP contribution in [0.2, 0.25) is 0 Å². The molecule has 0 radical (unpaired) electrons. The molecule has 0 aromatic carbocycles. The summed E-state index contributed by atoms with van der Waals surface area (Å²) in [5.41, 5.74) is 3.42. The molecule has 0 amide bonds. The monoisotopic (exact) mass is 502 g/mol. The Hall–Kier alpha value is -3.76. The normalized spacial score (nSPS) is 28.3. The van der Waals surface area contributed by atoms with Crippen molar-refractivity contribution in [1.29, 1.82) is 0 Å². The fourth-order valence-electron chi connectivity index (χ4n) is 7.63. The Labute approximate surface area is 212 Å². The topological polar surface area (TPSA) is 121 Å². The zero-order valence-corrected chi connectivity index (χ0v) is 21.2. The van der Waals surface area contributed by atoms with Crippen LogP contribution in [0.15, 0.2) is 29.6 Å². The number of carbonyl (C=O) groups is 1. The number of rotatable bonds is 5. The smallest absolute Gasteiger partial charge is 0.330 e. The van der Waals surface area contributed by atoms with E-state index < -0.39 is 5.41 Å². The lowest BCUT2D eigenvalue weighted by Gasteiger charge is -2.58. The van der Waals surface area contributed by atoms with E-state index in [1.54, 1.807) is 22.3 Å². The molecule has 4 aliphatic carbocycles. The third kappa shape index (κ3) is 3.25. The van der Waals surface area contributed by atoms with E-state index in [-0.39, 0.29) is 29.5 Å². The second-order valence-electron chi connectivity index (χ2n) is 11.1. The van der Waals surface area contributed by atoms with Crippen LogP contribution < -0.4 is 11.0 Å². The van der Waals surface area contributed by atoms with Gasteiger partial charge < -0.3 is 10.1 Å². The van der Waals surface area contributed by atoms with E-state index in [1.165, 1.54) is 6.33 Å². The number of carbonyl (C=O) groups excluding carboxylic acids is 1. The van der Waals surface area contributed by atoms with Crippen molar-refractivity contribution in [2.24, 2.45) is 30.2 Å². The molecule has 8 rings (SSSR count). The number of esters is 1. The quantitative estimate of drug-likeness (QED) is 0.413. The molecule has 0 saturated heterocycles. The van der Waals surface area contributed by atoms with Crippen LogP contribution in [-0.2, 0) is 16.6 Å². The minimum absolute atomic E-state index is 0.0197. The molecule has 2 atom stereocenters. The number of pyridine rings is 1. The van der Waals surface area contributed by atoms with Crippen molar-refractivity contribution >= 4 is 34.4 Å². The number of fused-ring (bicyclic) bond motifs is 2. The Morgan fingerprint density at radius 1 is 1.22 bits per heavy atom. The molecular formula is C26H30N8O3. The zero-order chi connectivity index (χ0) is 25.5. The number of aryl methyl sites for hydroxylation is 2. The first-order valence-electron chi connectivity index (χ1n) is 13.0. The zero-order valence-electron chi connectivity index (χ0n) is 21.2. The summed E-state index contributed by atoms with van der Waals surface area (Å²) in [6, 6.07) is 1.96. The molecule has 4 bridgehead atoms. The summed E-state index contributed by atoms with van der Waals surface area (Å²) in [4.78, 5) is 40.2. The first-order chi connectivity index (χ1) is 17.9. The third-order valence-electron chi connectivity index (χ3n) is 8.93. The van der Waals surface area contributed by atoms with E-state index in [2.05, 4.69) is 20.4 Å². The van der Waals surface area contributed by atoms with Crippen LogP contribution in [0.1, 0.15) is 50.6 Å². The van der Waals surface area contributed by atoms with Crippen molar-refractivity contribution in [3.63, 3.8) is 0 Å². The Kier molecular flexibility index (Phi) is 4.77. The molecular weight excluding hydrogens is 472 g/mol. The van der Waals surface area contributed by atoms with Gasteiger partial charge in [0.2, 0.25) is 5.95 Å². The van der Waals surface area contributed by atoms with Crippen molar-refractivity contribution in [2.75, 3.05) is 11.9 Å². The van der Waals surface area contributed by atoms with Gasteiger partial charge in [-0.05, 0) is 75.3 Å². The molecule has 4 saturated carbocycles. The maximum Gasteiger partial charge on any atom is 0.330 e. The predicted molar refractivity (Wildman–Crippen MR) is 135 cm³/mol. The van der Waals surface area contributed by atoms with Crippen molar-refractivity contribution in [3.8, 4) is 0 Å². The van der Waals surface area contributed by atoms with Crippen LogP contribution in [-0.4, -0.2) is 46.3 Å². The highest BCUT2D eigenvalue weighted by atomic mass is 16.5. The third-order valence-corrected chi connectivity index (χ3v) is 8.93. The molecule has 4 heterocycles. The SMILES string of the molecule is CCOC(=O)C12CC3CC(C1)C(n1c(=O)n(C)c4cnc(Nc5cn6ncnc6cc5C)nc41)C(C3)C2. The van der Waals surface area contributed by atoms with E-state index >= 15 is 0 Å². The van der Waals surface area contributed by atoms with Crippen LogP contribution in [0.25, 0.3) is 16.8 Å². The molecule has 11 heteroatoms. The summed E-state index contributed by atoms with van der Waals surface area (Å²) >= 11 is 0. The number of hydrogen-bond donors (Lipinski definition) is 1. The molecule has 4 aromatic heterocycles. The molecule has 4 aliphatic rings. The fourth-order valence-corrected chi connectivity index (χ4v) is 7.63. The maximum absolute atomic E-state index is 13.6. The van der Waals surface area contributed by atoms with Crippen molar-refractivity contribution in [3.05, 3.63) is 40.8 Å². The summed E-state index contributed by atoms with van der Waals surface area (Å²) in [5.74, 6) is 1.39. The van der Waals surface area contributed by atoms with E-state index in [0.29, 0.717) is 29.6 Å². The molecule has 37 heavy (non-hydrogen) atoms. The number of anilines is 2. The summed E-state index contributed by atoms with van der Waals surface area (Å²) in [6.07, 6.45) is 9.64. The average molecular weight is 503 g/mol. The van der Waals surface area contributed by atoms with Gasteiger partial charge in [0.25, 0.3) is 0 Å². The fraction of sp³-hybridized carbons (Fsp3) is 0.538. The minimum atomic E-state index is -0.392. The van der Waals surface area contributed by atoms with Gasteiger partial charge in [0.1, 0.15) is 11.8 Å². The molecule has 0 aliphatic heterocycles. The molecule has 1 N–H and O–H groups in total. The van der Waals surface area contributed by atoms with E-state index in [1.807, 2.05) is 30.7 Å². The predicted octanol–water partition coefficient (Wildman–Crippen LogP) is 3.16. The summed E-state index contributed by atoms with van der Waals surface area (Å²) in [5, 5.41) is 7.52. The largest absolute Gasteiger partial charge is 0.466 e. The highest BCUT2D eigenvalue weighted by Crippen LogP contribution is 2.64. The number of nitrogens with one attached hydrogen (secondary N) is 1. The summed E-state index contributed by atoms with van der Waals surface area (Å²) < 4.78 is 10.7. The lowest BCUT2D eigenvalue weighted by Crippen LogP contribution is -2.55. The number of imidazole rings is 1. The van der Waals surface area contributed by atoms with Crippen LogP contribution in [0.3, 0.4) is 0 Å². The van der Waals surface area contributed by atoms with Crippen molar-refractivity contribution in [1.82, 2.24) is 33.7 Å². The van der Waals surface area contributed by atoms with Crippen LogP contribution in [0.5, 0.6) is 0 Å². The number of aromatic nitrogens is 7. The molecule has 4 fully saturated rings. The summed E-state index contributed by atoms with van der Waals surface area (Å²) in [7, 11) is 1.77. The lowest BCUT2D eigenvalue weighted by atomic mass is 9.48. The van der Waals surface area contributed by atoms with Gasteiger partial charge in [-0.25, -0.2) is 19.3 Å². The molecule has 4 aromatic rings. The Morgan fingerprint density at radius 3 is 2.76 bits per heavy atom. The number of hydrogen-bond acceptors (Lipinski definition) is 8. The maximum atomic E-state index is 13.6. The standard InChI is InChI=1S/C26H30N8O3/c1-4-37-23(35)26-8-15-6-16(9-26)21(17(7-15)10-26)34-22-19(32(3)25(34)36)11-27-24(31-22)30-18-12-33-20(5-14(18)2)28-13-29-33/h5,11-13,15-17,21H,4,6-10H2,1-3H3,(H,27,30,31). The van der Waals surface area contributed by atoms with Crippen molar-refractivity contribution in [2.45, 2.75) is 52.0 Å². The highest BCUT2D eigenvalue weighted by Gasteiger charge is 2.60. The van der Waals surface area contributed by atoms with Gasteiger partial charge in [-0.2, -0.15) is 10.1 Å². The second-order valence-corrected chi connectivity index (χ2v) is 11.1. The van der Waals surface area contributed by atoms with E-state index in [9.17, 15) is 9.59 Å². The van der Waals surface area contributed by atoms with Crippen molar-refractivity contribution < 1.29 is 9.53 Å². The Balaban J connectivity index is 1.28. The molecule has 2 unspecified atom stereocenters. The van der Waals surface area contributed by atoms with Gasteiger partial charge in [0, 0.05) is 13.1 Å². The highest BCUT2D eigenvalue weighted by molar-refractivity contribution is 5.78. The average Bonchev–Trinajstić information content (AvgIpc) is 3.41. The first kappa shape index (κ1) is 22.4. The Bertz CT molecular complexity index is 1600.